The highest BCUT2D eigenvalue weighted by Crippen LogP contribution is 2.45. The van der Waals surface area contributed by atoms with Crippen LogP contribution >= 0.6 is 0 Å². The normalized spacial score (nSPS) is 25.3. The first-order valence-electron chi connectivity index (χ1n) is 10.2. The fourth-order valence-electron chi connectivity index (χ4n) is 4.12. The number of ether oxygens (including phenoxy) is 2. The van der Waals surface area contributed by atoms with Gasteiger partial charge in [0.1, 0.15) is 34.9 Å². The van der Waals surface area contributed by atoms with Crippen LogP contribution in [0.25, 0.3) is 22.3 Å². The Kier molecular flexibility index (Phi) is 5.93. The molecule has 0 saturated carbocycles. The van der Waals surface area contributed by atoms with Crippen molar-refractivity contribution in [3.63, 3.8) is 0 Å². The van der Waals surface area contributed by atoms with Crippen molar-refractivity contribution < 1.29 is 44.5 Å². The molecule has 2 aromatic carbocycles. The lowest BCUT2D eigenvalue weighted by Gasteiger charge is -2.41. The SMILES string of the molecule is COc1cc(O)c2c(=O)cc(-c3ccc(O)c(O)c3)oc2c1[C@@H]1O[C@H](CO)[C@@H](O)[C@H](C)[C@H]1O. The summed E-state index contributed by atoms with van der Waals surface area (Å²) in [5, 5.41) is 60.6. The fraction of sp³-hybridized carbons (Fsp3) is 0.348. The minimum atomic E-state index is -1.27. The first kappa shape index (κ1) is 22.9. The maximum atomic E-state index is 12.9. The number of hydrogen-bond donors (Lipinski definition) is 6. The van der Waals surface area contributed by atoms with Crippen molar-refractivity contribution in [3.05, 3.63) is 46.1 Å². The molecule has 1 aliphatic rings. The molecule has 2 heterocycles. The number of rotatable bonds is 4. The summed E-state index contributed by atoms with van der Waals surface area (Å²) in [6.45, 7) is 1.07. The second-order valence-corrected chi connectivity index (χ2v) is 8.01. The molecule has 0 aliphatic carbocycles. The van der Waals surface area contributed by atoms with E-state index in [1.807, 2.05) is 0 Å². The Hall–Kier alpha value is -3.31. The summed E-state index contributed by atoms with van der Waals surface area (Å²) in [6, 6.07) is 6.16. The van der Waals surface area contributed by atoms with E-state index in [-0.39, 0.29) is 39.4 Å². The van der Waals surface area contributed by atoms with Crippen molar-refractivity contribution in [3.8, 4) is 34.3 Å². The van der Waals surface area contributed by atoms with Crippen molar-refractivity contribution >= 4 is 11.0 Å². The summed E-state index contributed by atoms with van der Waals surface area (Å²) < 4.78 is 17.1. The molecule has 10 nitrogen and oxygen atoms in total. The lowest BCUT2D eigenvalue weighted by atomic mass is 9.84. The first-order chi connectivity index (χ1) is 15.7. The second-order valence-electron chi connectivity index (χ2n) is 8.01. The highest BCUT2D eigenvalue weighted by Gasteiger charge is 2.44. The number of aliphatic hydroxyl groups is 3. The summed E-state index contributed by atoms with van der Waals surface area (Å²) in [5.74, 6) is -1.85. The van der Waals surface area contributed by atoms with E-state index in [0.717, 1.165) is 6.07 Å². The summed E-state index contributed by atoms with van der Waals surface area (Å²) in [5.41, 5.74) is -0.375. The van der Waals surface area contributed by atoms with Crippen LogP contribution in [0.3, 0.4) is 0 Å². The molecule has 0 bridgehead atoms. The number of hydrogen-bond acceptors (Lipinski definition) is 10. The van der Waals surface area contributed by atoms with Crippen molar-refractivity contribution in [1.29, 1.82) is 0 Å². The maximum absolute atomic E-state index is 12.9. The Morgan fingerprint density at radius 1 is 1.00 bits per heavy atom. The van der Waals surface area contributed by atoms with Gasteiger partial charge in [0.15, 0.2) is 22.5 Å². The Morgan fingerprint density at radius 3 is 2.36 bits per heavy atom. The molecule has 33 heavy (non-hydrogen) atoms. The van der Waals surface area contributed by atoms with Crippen molar-refractivity contribution in [2.45, 2.75) is 31.3 Å². The molecule has 0 amide bonds. The van der Waals surface area contributed by atoms with E-state index >= 15 is 0 Å². The van der Waals surface area contributed by atoms with Gasteiger partial charge in [0.05, 0.1) is 31.5 Å². The van der Waals surface area contributed by atoms with Crippen LogP contribution in [0.15, 0.2) is 39.5 Å². The number of aromatic hydroxyl groups is 3. The molecule has 0 spiro atoms. The van der Waals surface area contributed by atoms with Crippen LogP contribution in [0, 0.1) is 5.92 Å². The van der Waals surface area contributed by atoms with E-state index in [9.17, 15) is 35.4 Å². The van der Waals surface area contributed by atoms with Crippen LogP contribution in [0.4, 0.5) is 0 Å². The lowest BCUT2D eigenvalue weighted by Crippen LogP contribution is -2.50. The third kappa shape index (κ3) is 3.76. The molecule has 5 atom stereocenters. The van der Waals surface area contributed by atoms with Gasteiger partial charge in [-0.05, 0) is 18.2 Å². The van der Waals surface area contributed by atoms with Crippen LogP contribution < -0.4 is 10.2 Å². The number of methoxy groups -OCH3 is 1. The largest absolute Gasteiger partial charge is 0.507 e. The predicted molar refractivity (Wildman–Crippen MR) is 115 cm³/mol. The van der Waals surface area contributed by atoms with E-state index in [2.05, 4.69) is 0 Å². The standard InChI is InChI=1S/C23H24O10/c1-9-20(29)17(8-24)33-23(21(9)30)19-16(31-2)7-14(28)18-13(27)6-15(32-22(18)19)10-3-4-11(25)12(26)5-10/h3-7,9,17,20-21,23-26,28-30H,8H2,1-2H3/t9-,17+,20-,21+,23-/m0/s1. The molecular formula is C23H24O10. The summed E-state index contributed by atoms with van der Waals surface area (Å²) in [6.07, 6.45) is -4.61. The van der Waals surface area contributed by atoms with Crippen LogP contribution in [-0.4, -0.2) is 62.7 Å². The number of aliphatic hydroxyl groups excluding tert-OH is 3. The van der Waals surface area contributed by atoms with Gasteiger partial charge in [0.25, 0.3) is 0 Å². The van der Waals surface area contributed by atoms with Crippen molar-refractivity contribution in [1.82, 2.24) is 0 Å². The fourth-order valence-corrected chi connectivity index (χ4v) is 4.12. The average Bonchev–Trinajstić information content (AvgIpc) is 2.79. The smallest absolute Gasteiger partial charge is 0.197 e. The van der Waals surface area contributed by atoms with Crippen LogP contribution in [0.5, 0.6) is 23.0 Å². The minimum absolute atomic E-state index is 0.00814. The van der Waals surface area contributed by atoms with Crippen LogP contribution in [0.2, 0.25) is 0 Å². The van der Waals surface area contributed by atoms with E-state index in [4.69, 9.17) is 13.9 Å². The zero-order valence-corrected chi connectivity index (χ0v) is 17.8. The van der Waals surface area contributed by atoms with Gasteiger partial charge in [-0.2, -0.15) is 0 Å². The monoisotopic (exact) mass is 460 g/mol. The molecule has 10 heteroatoms. The van der Waals surface area contributed by atoms with Crippen LogP contribution in [0.1, 0.15) is 18.6 Å². The number of benzene rings is 2. The third-order valence-corrected chi connectivity index (χ3v) is 6.02. The zero-order valence-electron chi connectivity index (χ0n) is 17.8. The molecule has 1 aromatic heterocycles. The molecule has 0 radical (unpaired) electrons. The van der Waals surface area contributed by atoms with Crippen molar-refractivity contribution in [2.75, 3.05) is 13.7 Å². The predicted octanol–water partition coefficient (Wildman–Crippen LogP) is 1.38. The molecule has 1 aliphatic heterocycles. The molecular weight excluding hydrogens is 436 g/mol. The molecule has 1 saturated heterocycles. The molecule has 176 valence electrons. The van der Waals surface area contributed by atoms with E-state index in [1.165, 1.54) is 31.4 Å². The molecule has 3 aromatic rings. The Bertz CT molecular complexity index is 1250. The maximum Gasteiger partial charge on any atom is 0.197 e. The zero-order chi connectivity index (χ0) is 24.0. The van der Waals surface area contributed by atoms with E-state index in [1.54, 1.807) is 6.92 Å². The summed E-state index contributed by atoms with van der Waals surface area (Å²) in [4.78, 5) is 12.9. The Balaban J connectivity index is 2.00. The quantitative estimate of drug-likeness (QED) is 0.313. The summed E-state index contributed by atoms with van der Waals surface area (Å²) in [7, 11) is 1.32. The van der Waals surface area contributed by atoms with Gasteiger partial charge >= 0.3 is 0 Å². The van der Waals surface area contributed by atoms with Gasteiger partial charge in [-0.15, -0.1) is 0 Å². The highest BCUT2D eigenvalue weighted by atomic mass is 16.5. The van der Waals surface area contributed by atoms with Crippen LogP contribution in [-0.2, 0) is 4.74 Å². The molecule has 6 N–H and O–H groups in total. The molecule has 0 unspecified atom stereocenters. The lowest BCUT2D eigenvalue weighted by molar-refractivity contribution is -0.207. The molecule has 4 rings (SSSR count). The van der Waals surface area contributed by atoms with Gasteiger partial charge in [-0.25, -0.2) is 0 Å². The number of phenolic OH excluding ortho intramolecular Hbond substituents is 3. The van der Waals surface area contributed by atoms with Gasteiger partial charge in [-0.3, -0.25) is 4.79 Å². The Morgan fingerprint density at radius 2 is 1.73 bits per heavy atom. The second kappa shape index (κ2) is 8.56. The van der Waals surface area contributed by atoms with E-state index in [0.29, 0.717) is 0 Å². The van der Waals surface area contributed by atoms with Gasteiger partial charge in [0, 0.05) is 23.6 Å². The van der Waals surface area contributed by atoms with Gasteiger partial charge < -0.3 is 44.5 Å². The summed E-state index contributed by atoms with van der Waals surface area (Å²) >= 11 is 0. The van der Waals surface area contributed by atoms with Gasteiger partial charge in [-0.1, -0.05) is 6.92 Å². The minimum Gasteiger partial charge on any atom is -0.507 e. The number of fused-ring (bicyclic) bond motifs is 1. The highest BCUT2D eigenvalue weighted by molar-refractivity contribution is 5.89. The number of phenols is 3. The van der Waals surface area contributed by atoms with E-state index < -0.39 is 53.9 Å². The average molecular weight is 460 g/mol. The molecule has 1 fully saturated rings. The third-order valence-electron chi connectivity index (χ3n) is 6.02. The van der Waals surface area contributed by atoms with Gasteiger partial charge in [0.2, 0.25) is 0 Å². The topological polar surface area (TPSA) is 170 Å². The first-order valence-corrected chi connectivity index (χ1v) is 10.2. The Labute approximate surface area is 187 Å². The van der Waals surface area contributed by atoms with Crippen molar-refractivity contribution in [2.24, 2.45) is 5.92 Å².